The van der Waals surface area contributed by atoms with Gasteiger partial charge in [0.1, 0.15) is 0 Å². The number of hydrogen-bond donors (Lipinski definition) is 0. The molecule has 1 aromatic carbocycles. The first-order valence-corrected chi connectivity index (χ1v) is 6.30. The van der Waals surface area contributed by atoms with Crippen LogP contribution in [-0.2, 0) is 11.3 Å². The molecule has 0 saturated heterocycles. The molecule has 0 saturated carbocycles. The highest BCUT2D eigenvalue weighted by Gasteiger charge is 2.02. The van der Waals surface area contributed by atoms with Gasteiger partial charge in [0.25, 0.3) is 0 Å². The van der Waals surface area contributed by atoms with E-state index in [1.165, 1.54) is 9.13 Å². The van der Waals surface area contributed by atoms with Crippen molar-refractivity contribution in [2.45, 2.75) is 13.5 Å². The number of benzene rings is 1. The first-order chi connectivity index (χ1) is 7.26. The number of ether oxygens (including phenoxy) is 1. The van der Waals surface area contributed by atoms with Crippen molar-refractivity contribution in [2.24, 2.45) is 0 Å². The molecule has 0 bridgehead atoms. The van der Waals surface area contributed by atoms with E-state index < -0.39 is 0 Å². The van der Waals surface area contributed by atoms with Crippen LogP contribution in [-0.4, -0.2) is 31.7 Å². The van der Waals surface area contributed by atoms with E-state index in [9.17, 15) is 0 Å². The summed E-state index contributed by atoms with van der Waals surface area (Å²) in [5.74, 6) is 0. The average molecular weight is 319 g/mol. The Morgan fingerprint density at radius 3 is 2.47 bits per heavy atom. The molecule has 0 fully saturated rings. The zero-order valence-electron chi connectivity index (χ0n) is 9.37. The van der Waals surface area contributed by atoms with Crippen molar-refractivity contribution in [2.75, 3.05) is 26.8 Å². The SMILES string of the molecule is CCN(CCOC)Cc1ccc(I)cc1. The molecule has 2 nitrogen and oxygen atoms in total. The highest BCUT2D eigenvalue weighted by atomic mass is 127. The standard InChI is InChI=1S/C12H18INO/c1-3-14(8-9-15-2)10-11-4-6-12(13)7-5-11/h4-7H,3,8-10H2,1-2H3. The molecular formula is C12H18INO. The summed E-state index contributed by atoms with van der Waals surface area (Å²) in [6, 6.07) is 8.69. The Kier molecular flexibility index (Phi) is 6.20. The highest BCUT2D eigenvalue weighted by molar-refractivity contribution is 14.1. The molecule has 0 aliphatic rings. The number of rotatable bonds is 6. The zero-order valence-corrected chi connectivity index (χ0v) is 11.5. The summed E-state index contributed by atoms with van der Waals surface area (Å²) < 4.78 is 6.38. The van der Waals surface area contributed by atoms with Crippen molar-refractivity contribution in [1.29, 1.82) is 0 Å². The number of methoxy groups -OCH3 is 1. The zero-order chi connectivity index (χ0) is 11.1. The molecule has 15 heavy (non-hydrogen) atoms. The maximum atomic E-state index is 5.09. The topological polar surface area (TPSA) is 12.5 Å². The maximum absolute atomic E-state index is 5.09. The van der Waals surface area contributed by atoms with Crippen molar-refractivity contribution >= 4 is 22.6 Å². The second-order valence-electron chi connectivity index (χ2n) is 3.49. The summed E-state index contributed by atoms with van der Waals surface area (Å²) in [4.78, 5) is 2.38. The second kappa shape index (κ2) is 7.19. The monoisotopic (exact) mass is 319 g/mol. The molecular weight excluding hydrogens is 301 g/mol. The van der Waals surface area contributed by atoms with Gasteiger partial charge in [0.2, 0.25) is 0 Å². The van der Waals surface area contributed by atoms with E-state index in [1.54, 1.807) is 7.11 Å². The molecule has 1 aromatic rings. The Hall–Kier alpha value is -0.130. The minimum atomic E-state index is 0.804. The molecule has 0 aromatic heterocycles. The van der Waals surface area contributed by atoms with Gasteiger partial charge in [0, 0.05) is 23.8 Å². The van der Waals surface area contributed by atoms with Crippen molar-refractivity contribution in [1.82, 2.24) is 4.90 Å². The van der Waals surface area contributed by atoms with Crippen LogP contribution in [0, 0.1) is 3.57 Å². The Balaban J connectivity index is 2.47. The lowest BCUT2D eigenvalue weighted by atomic mass is 10.2. The lowest BCUT2D eigenvalue weighted by Gasteiger charge is -2.19. The minimum Gasteiger partial charge on any atom is -0.383 e. The molecule has 0 spiro atoms. The predicted molar refractivity (Wildman–Crippen MR) is 72.0 cm³/mol. The van der Waals surface area contributed by atoms with Gasteiger partial charge in [-0.15, -0.1) is 0 Å². The van der Waals surface area contributed by atoms with E-state index in [-0.39, 0.29) is 0 Å². The third-order valence-electron chi connectivity index (χ3n) is 2.38. The first kappa shape index (κ1) is 12.9. The minimum absolute atomic E-state index is 0.804. The molecule has 0 radical (unpaired) electrons. The molecule has 0 atom stereocenters. The van der Waals surface area contributed by atoms with Crippen LogP contribution in [0.15, 0.2) is 24.3 Å². The summed E-state index contributed by atoms with van der Waals surface area (Å²) in [7, 11) is 1.75. The van der Waals surface area contributed by atoms with Crippen LogP contribution in [0.5, 0.6) is 0 Å². The van der Waals surface area contributed by atoms with Gasteiger partial charge in [0.05, 0.1) is 6.61 Å². The third-order valence-corrected chi connectivity index (χ3v) is 3.10. The van der Waals surface area contributed by atoms with Crippen LogP contribution in [0.25, 0.3) is 0 Å². The normalized spacial score (nSPS) is 10.9. The predicted octanol–water partition coefficient (Wildman–Crippen LogP) is 2.76. The molecule has 0 heterocycles. The molecule has 1 rings (SSSR count). The van der Waals surface area contributed by atoms with E-state index in [0.29, 0.717) is 0 Å². The molecule has 3 heteroatoms. The molecule has 0 unspecified atom stereocenters. The quantitative estimate of drug-likeness (QED) is 0.748. The van der Waals surface area contributed by atoms with Crippen LogP contribution in [0.2, 0.25) is 0 Å². The average Bonchev–Trinajstić information content (AvgIpc) is 2.27. The molecule has 0 aliphatic heterocycles. The number of halogens is 1. The maximum Gasteiger partial charge on any atom is 0.0589 e. The van der Waals surface area contributed by atoms with E-state index in [0.717, 1.165) is 26.2 Å². The molecule has 0 amide bonds. The van der Waals surface area contributed by atoms with Gasteiger partial charge in [-0.3, -0.25) is 4.90 Å². The van der Waals surface area contributed by atoms with Crippen LogP contribution < -0.4 is 0 Å². The Morgan fingerprint density at radius 2 is 1.93 bits per heavy atom. The van der Waals surface area contributed by atoms with Gasteiger partial charge in [-0.1, -0.05) is 19.1 Å². The highest BCUT2D eigenvalue weighted by Crippen LogP contribution is 2.09. The Morgan fingerprint density at radius 1 is 1.27 bits per heavy atom. The van der Waals surface area contributed by atoms with Gasteiger partial charge in [-0.05, 0) is 46.8 Å². The molecule has 0 aliphatic carbocycles. The van der Waals surface area contributed by atoms with Gasteiger partial charge in [0.15, 0.2) is 0 Å². The fourth-order valence-electron chi connectivity index (χ4n) is 1.42. The summed E-state index contributed by atoms with van der Waals surface area (Å²) in [6.07, 6.45) is 0. The Bertz CT molecular complexity index is 273. The smallest absolute Gasteiger partial charge is 0.0589 e. The summed E-state index contributed by atoms with van der Waals surface area (Å²) in [5, 5.41) is 0. The third kappa shape index (κ3) is 4.95. The van der Waals surface area contributed by atoms with E-state index in [4.69, 9.17) is 4.74 Å². The van der Waals surface area contributed by atoms with Gasteiger partial charge < -0.3 is 4.74 Å². The van der Waals surface area contributed by atoms with Crippen molar-refractivity contribution in [3.63, 3.8) is 0 Å². The van der Waals surface area contributed by atoms with Crippen LogP contribution in [0.1, 0.15) is 12.5 Å². The van der Waals surface area contributed by atoms with Crippen molar-refractivity contribution < 1.29 is 4.74 Å². The summed E-state index contributed by atoms with van der Waals surface area (Å²) in [6.45, 7) is 6.06. The summed E-state index contributed by atoms with van der Waals surface area (Å²) in [5.41, 5.74) is 1.37. The van der Waals surface area contributed by atoms with Crippen molar-refractivity contribution in [3.05, 3.63) is 33.4 Å². The van der Waals surface area contributed by atoms with Crippen LogP contribution >= 0.6 is 22.6 Å². The molecule has 84 valence electrons. The van der Waals surface area contributed by atoms with E-state index >= 15 is 0 Å². The number of hydrogen-bond acceptors (Lipinski definition) is 2. The lowest BCUT2D eigenvalue weighted by Crippen LogP contribution is -2.26. The second-order valence-corrected chi connectivity index (χ2v) is 4.73. The largest absolute Gasteiger partial charge is 0.383 e. The Labute approximate surface area is 106 Å². The molecule has 0 N–H and O–H groups in total. The summed E-state index contributed by atoms with van der Waals surface area (Å²) >= 11 is 2.33. The number of nitrogens with zero attached hydrogens (tertiary/aromatic N) is 1. The lowest BCUT2D eigenvalue weighted by molar-refractivity contribution is 0.147. The number of likely N-dealkylation sites (N-methyl/N-ethyl adjacent to an activating group) is 1. The van der Waals surface area contributed by atoms with Crippen molar-refractivity contribution in [3.8, 4) is 0 Å². The van der Waals surface area contributed by atoms with Gasteiger partial charge in [-0.25, -0.2) is 0 Å². The van der Waals surface area contributed by atoms with E-state index in [1.807, 2.05) is 0 Å². The van der Waals surface area contributed by atoms with Gasteiger partial charge in [-0.2, -0.15) is 0 Å². The fraction of sp³-hybridized carbons (Fsp3) is 0.500. The first-order valence-electron chi connectivity index (χ1n) is 5.22. The fourth-order valence-corrected chi connectivity index (χ4v) is 1.78. The van der Waals surface area contributed by atoms with Gasteiger partial charge >= 0.3 is 0 Å². The van der Waals surface area contributed by atoms with Crippen LogP contribution in [0.3, 0.4) is 0 Å². The van der Waals surface area contributed by atoms with Crippen LogP contribution in [0.4, 0.5) is 0 Å². The van der Waals surface area contributed by atoms with E-state index in [2.05, 4.69) is 58.7 Å².